The summed E-state index contributed by atoms with van der Waals surface area (Å²) in [6.45, 7) is 9.77. The van der Waals surface area contributed by atoms with Crippen LogP contribution in [0.3, 0.4) is 0 Å². The fourth-order valence-corrected chi connectivity index (χ4v) is 16.9. The van der Waals surface area contributed by atoms with E-state index in [1.54, 1.807) is 0 Å². The van der Waals surface area contributed by atoms with E-state index in [4.69, 9.17) is 37.0 Å². The Hall–Kier alpha value is -1.94. The predicted octanol–water partition coefficient (Wildman–Crippen LogP) is 30.5. The summed E-state index contributed by atoms with van der Waals surface area (Å²) >= 11 is 0. The number of rotatable bonds is 96. The van der Waals surface area contributed by atoms with Crippen LogP contribution in [-0.2, 0) is 65.4 Å². The standard InChI is InChI=1S/C97H190O17P2/c1-7-10-12-14-16-18-20-22-24-26-28-30-32-33-38-42-46-50-54-61-67-73-79-94(99)107-85-92(113-96(101)81-75-70-64-56-52-48-44-40-36-35-37-41-45-49-53-60-66-72-78-90(6)9-3)87-111-115(103,104)109-83-91(98)84-110-116(105,106)112-88-93(86-108-95(100)80-74-68-62-58-57-59-65-71-77-89(4)5)114-97(102)82-76-69-63-55-51-47-43-39-34-31-29-27-25-23-21-19-17-15-13-11-8-2/h89-93,98H,7-88H2,1-6H3,(H,103,104)(H,105,106)/t90?,91-,92-,93-/m1/s1. The first-order chi connectivity index (χ1) is 56.4. The molecule has 0 spiro atoms. The van der Waals surface area contributed by atoms with Crippen molar-refractivity contribution in [3.05, 3.63) is 0 Å². The third-order valence-corrected chi connectivity index (χ3v) is 25.2. The predicted molar refractivity (Wildman–Crippen MR) is 483 cm³/mol. The first-order valence-corrected chi connectivity index (χ1v) is 53.0. The van der Waals surface area contributed by atoms with Gasteiger partial charge in [-0.1, -0.05) is 478 Å². The van der Waals surface area contributed by atoms with Crippen molar-refractivity contribution in [1.82, 2.24) is 0 Å². The van der Waals surface area contributed by atoms with Crippen LogP contribution < -0.4 is 0 Å². The Labute approximate surface area is 715 Å². The zero-order valence-corrected chi connectivity index (χ0v) is 78.6. The summed E-state index contributed by atoms with van der Waals surface area (Å²) in [7, 11) is -9.94. The second-order valence-corrected chi connectivity index (χ2v) is 38.4. The minimum absolute atomic E-state index is 0.109. The number of aliphatic hydroxyl groups is 1. The molecule has 0 fully saturated rings. The van der Waals surface area contributed by atoms with E-state index in [-0.39, 0.29) is 25.7 Å². The summed E-state index contributed by atoms with van der Waals surface area (Å²) in [5, 5.41) is 10.7. The lowest BCUT2D eigenvalue weighted by atomic mass is 9.99. The van der Waals surface area contributed by atoms with Gasteiger partial charge >= 0.3 is 39.5 Å². The zero-order chi connectivity index (χ0) is 84.8. The molecule has 0 amide bonds. The highest BCUT2D eigenvalue weighted by molar-refractivity contribution is 7.47. The highest BCUT2D eigenvalue weighted by Crippen LogP contribution is 2.45. The molecule has 3 unspecified atom stereocenters. The number of carbonyl (C=O) groups excluding carboxylic acids is 4. The molecule has 3 N–H and O–H groups in total. The maximum Gasteiger partial charge on any atom is 0.472 e. The first kappa shape index (κ1) is 114. The van der Waals surface area contributed by atoms with Gasteiger partial charge in [0, 0.05) is 25.7 Å². The Morgan fingerprint density at radius 3 is 0.655 bits per heavy atom. The molecule has 6 atom stereocenters. The fraction of sp³-hybridized carbons (Fsp3) is 0.959. The van der Waals surface area contributed by atoms with Gasteiger partial charge in [0.25, 0.3) is 0 Å². The van der Waals surface area contributed by atoms with Gasteiger partial charge in [0.2, 0.25) is 0 Å². The summed E-state index contributed by atoms with van der Waals surface area (Å²) < 4.78 is 69.2. The van der Waals surface area contributed by atoms with E-state index in [9.17, 15) is 43.2 Å². The third kappa shape index (κ3) is 88.4. The number of carbonyl (C=O) groups is 4. The molecule has 19 heteroatoms. The molecule has 0 aliphatic rings. The first-order valence-electron chi connectivity index (χ1n) is 50.0. The van der Waals surface area contributed by atoms with Crippen LogP contribution in [0.1, 0.15) is 530 Å². The molecule has 0 rings (SSSR count). The molecule has 0 radical (unpaired) electrons. The van der Waals surface area contributed by atoms with Crippen molar-refractivity contribution >= 4 is 39.5 Å². The number of hydrogen-bond acceptors (Lipinski definition) is 15. The van der Waals surface area contributed by atoms with Crippen LogP contribution in [0.2, 0.25) is 0 Å². The summed E-state index contributed by atoms with van der Waals surface area (Å²) in [5.41, 5.74) is 0. The number of esters is 4. The highest BCUT2D eigenvalue weighted by atomic mass is 31.2. The Morgan fingerprint density at radius 1 is 0.250 bits per heavy atom. The van der Waals surface area contributed by atoms with Crippen molar-refractivity contribution in [2.24, 2.45) is 11.8 Å². The molecule has 0 aromatic rings. The SMILES string of the molecule is CCCCCCCCCCCCCCCCCCCCCCCCC(=O)OC[C@H](COP(=O)(O)OC[C@@H](O)COP(=O)(O)OC[C@@H](COC(=O)CCCCCCCCCCC(C)C)OC(=O)CCCCCCCCCCCCCCCCCCCCCCC)OC(=O)CCCCCCCCCCCCCCCCCCCCC(C)CC. The summed E-state index contributed by atoms with van der Waals surface area (Å²) in [6.07, 6.45) is 85.1. The minimum Gasteiger partial charge on any atom is -0.462 e. The van der Waals surface area contributed by atoms with Gasteiger partial charge in [0.05, 0.1) is 26.4 Å². The lowest BCUT2D eigenvalue weighted by Gasteiger charge is -2.21. The smallest absolute Gasteiger partial charge is 0.462 e. The molecule has 116 heavy (non-hydrogen) atoms. The van der Waals surface area contributed by atoms with Gasteiger partial charge in [-0.2, -0.15) is 0 Å². The molecule has 0 saturated heterocycles. The van der Waals surface area contributed by atoms with Gasteiger partial charge in [0.15, 0.2) is 12.2 Å². The molecular formula is C97H190O17P2. The van der Waals surface area contributed by atoms with Crippen molar-refractivity contribution in [3.63, 3.8) is 0 Å². The molecule has 17 nitrogen and oxygen atoms in total. The quantitative estimate of drug-likeness (QED) is 0.0222. The van der Waals surface area contributed by atoms with Crippen LogP contribution in [0.5, 0.6) is 0 Å². The van der Waals surface area contributed by atoms with Crippen molar-refractivity contribution in [1.29, 1.82) is 0 Å². The molecule has 0 aromatic carbocycles. The van der Waals surface area contributed by atoms with Gasteiger partial charge in [-0.25, -0.2) is 9.13 Å². The van der Waals surface area contributed by atoms with Crippen LogP contribution in [0, 0.1) is 11.8 Å². The molecule has 0 bridgehead atoms. The van der Waals surface area contributed by atoms with E-state index in [1.807, 2.05) is 0 Å². The van der Waals surface area contributed by atoms with Crippen molar-refractivity contribution < 1.29 is 80.2 Å². The van der Waals surface area contributed by atoms with Gasteiger partial charge < -0.3 is 33.8 Å². The molecule has 690 valence electrons. The van der Waals surface area contributed by atoms with Crippen LogP contribution in [-0.4, -0.2) is 96.7 Å². The third-order valence-electron chi connectivity index (χ3n) is 23.3. The molecule has 0 aromatic heterocycles. The van der Waals surface area contributed by atoms with Crippen LogP contribution in [0.4, 0.5) is 0 Å². The van der Waals surface area contributed by atoms with Gasteiger partial charge in [0.1, 0.15) is 19.3 Å². The van der Waals surface area contributed by atoms with E-state index in [0.717, 1.165) is 102 Å². The molecule has 0 heterocycles. The lowest BCUT2D eigenvalue weighted by Crippen LogP contribution is -2.30. The Bertz CT molecular complexity index is 2210. The van der Waals surface area contributed by atoms with Crippen LogP contribution in [0.25, 0.3) is 0 Å². The number of ether oxygens (including phenoxy) is 4. The van der Waals surface area contributed by atoms with Gasteiger partial charge in [-0.05, 0) is 37.5 Å². The number of unbranched alkanes of at least 4 members (excludes halogenated alkanes) is 65. The Morgan fingerprint density at radius 2 is 0.440 bits per heavy atom. The number of phosphoric acid groups is 2. The van der Waals surface area contributed by atoms with Crippen LogP contribution >= 0.6 is 15.6 Å². The molecular weight excluding hydrogens is 1500 g/mol. The minimum atomic E-state index is -4.97. The number of hydrogen-bond donors (Lipinski definition) is 3. The summed E-state index contributed by atoms with van der Waals surface area (Å²) in [5.74, 6) is -0.494. The van der Waals surface area contributed by atoms with E-state index >= 15 is 0 Å². The zero-order valence-electron chi connectivity index (χ0n) is 76.8. The molecule has 0 saturated carbocycles. The second-order valence-electron chi connectivity index (χ2n) is 35.5. The van der Waals surface area contributed by atoms with Crippen LogP contribution in [0.15, 0.2) is 0 Å². The maximum absolute atomic E-state index is 13.2. The Balaban J connectivity index is 5.22. The lowest BCUT2D eigenvalue weighted by molar-refractivity contribution is -0.161. The Kier molecular flexibility index (Phi) is 86.5. The number of phosphoric ester groups is 2. The largest absolute Gasteiger partial charge is 0.472 e. The van der Waals surface area contributed by atoms with E-state index in [2.05, 4.69) is 41.5 Å². The normalized spacial score (nSPS) is 13.9. The average Bonchev–Trinajstić information content (AvgIpc) is 0.895. The van der Waals surface area contributed by atoms with Crippen molar-refractivity contribution in [2.45, 2.75) is 548 Å². The topological polar surface area (TPSA) is 237 Å². The summed E-state index contributed by atoms with van der Waals surface area (Å²) in [4.78, 5) is 73.6. The molecule has 0 aliphatic heterocycles. The van der Waals surface area contributed by atoms with Gasteiger partial charge in [-0.3, -0.25) is 37.3 Å². The maximum atomic E-state index is 13.2. The second kappa shape index (κ2) is 87.9. The average molecular weight is 1690 g/mol. The monoisotopic (exact) mass is 1690 g/mol. The summed E-state index contributed by atoms with van der Waals surface area (Å²) in [6, 6.07) is 0. The van der Waals surface area contributed by atoms with E-state index in [0.29, 0.717) is 25.7 Å². The van der Waals surface area contributed by atoms with E-state index < -0.39 is 97.5 Å². The van der Waals surface area contributed by atoms with Crippen molar-refractivity contribution in [2.75, 3.05) is 39.6 Å². The molecule has 0 aliphatic carbocycles. The highest BCUT2D eigenvalue weighted by Gasteiger charge is 2.31. The van der Waals surface area contributed by atoms with Gasteiger partial charge in [-0.15, -0.1) is 0 Å². The van der Waals surface area contributed by atoms with Crippen molar-refractivity contribution in [3.8, 4) is 0 Å². The number of aliphatic hydroxyl groups excluding tert-OH is 1. The fourth-order valence-electron chi connectivity index (χ4n) is 15.3. The van der Waals surface area contributed by atoms with E-state index in [1.165, 1.54) is 347 Å².